The molecule has 1 aromatic rings. The molecule has 0 saturated heterocycles. The van der Waals surface area contributed by atoms with Gasteiger partial charge in [-0.1, -0.05) is 19.1 Å². The van der Waals surface area contributed by atoms with Gasteiger partial charge in [0.05, 0.1) is 23.9 Å². The van der Waals surface area contributed by atoms with Crippen molar-refractivity contribution >= 4 is 11.6 Å². The Balaban J connectivity index is 2.75. The van der Waals surface area contributed by atoms with Gasteiger partial charge in [0, 0.05) is 7.11 Å². The molecule has 5 heteroatoms. The van der Waals surface area contributed by atoms with Crippen molar-refractivity contribution in [1.82, 2.24) is 5.32 Å². The number of para-hydroxylation sites is 1. The first-order valence-corrected chi connectivity index (χ1v) is 5.58. The molecule has 4 N–H and O–H groups in total. The van der Waals surface area contributed by atoms with Gasteiger partial charge in [0.15, 0.2) is 0 Å². The van der Waals surface area contributed by atoms with E-state index in [1.165, 1.54) is 0 Å². The van der Waals surface area contributed by atoms with E-state index in [9.17, 15) is 4.79 Å². The first-order chi connectivity index (χ1) is 8.22. The number of carbonyl (C=O) groups is 1. The van der Waals surface area contributed by atoms with Crippen molar-refractivity contribution in [3.63, 3.8) is 0 Å². The van der Waals surface area contributed by atoms with Crippen LogP contribution in [0, 0.1) is 0 Å². The number of nitrogens with one attached hydrogen (secondary N) is 2. The number of hydrogen-bond donors (Lipinski definition) is 3. The van der Waals surface area contributed by atoms with Gasteiger partial charge in [0.2, 0.25) is 0 Å². The van der Waals surface area contributed by atoms with E-state index in [1.807, 2.05) is 13.0 Å². The average Bonchev–Trinajstić information content (AvgIpc) is 2.38. The maximum atomic E-state index is 12.0. The van der Waals surface area contributed by atoms with Gasteiger partial charge in [-0.2, -0.15) is 0 Å². The summed E-state index contributed by atoms with van der Waals surface area (Å²) in [7, 11) is 1.62. The second-order valence-electron chi connectivity index (χ2n) is 3.72. The van der Waals surface area contributed by atoms with E-state index in [-0.39, 0.29) is 11.9 Å². The number of carbonyl (C=O) groups excluding carboxylic acids is 1. The molecule has 0 fully saturated rings. The molecule has 0 heterocycles. The van der Waals surface area contributed by atoms with E-state index >= 15 is 0 Å². The van der Waals surface area contributed by atoms with Gasteiger partial charge in [0.1, 0.15) is 0 Å². The van der Waals surface area contributed by atoms with Crippen LogP contribution in [0.2, 0.25) is 0 Å². The molecule has 0 radical (unpaired) electrons. The van der Waals surface area contributed by atoms with E-state index in [2.05, 4.69) is 10.7 Å². The first kappa shape index (κ1) is 13.5. The number of rotatable bonds is 6. The number of anilines is 1. The van der Waals surface area contributed by atoms with Gasteiger partial charge in [-0.25, -0.2) is 0 Å². The van der Waals surface area contributed by atoms with Crippen LogP contribution < -0.4 is 16.6 Å². The maximum absolute atomic E-state index is 12.0. The molecule has 0 aromatic heterocycles. The highest BCUT2D eigenvalue weighted by Crippen LogP contribution is 2.13. The summed E-state index contributed by atoms with van der Waals surface area (Å²) < 4.78 is 5.03. The Morgan fingerprint density at radius 3 is 2.76 bits per heavy atom. The number of ether oxygens (including phenoxy) is 1. The fourth-order valence-electron chi connectivity index (χ4n) is 1.53. The fourth-order valence-corrected chi connectivity index (χ4v) is 1.53. The van der Waals surface area contributed by atoms with Crippen molar-refractivity contribution in [2.24, 2.45) is 5.84 Å². The lowest BCUT2D eigenvalue weighted by molar-refractivity contribution is 0.0895. The summed E-state index contributed by atoms with van der Waals surface area (Å²) in [6.07, 6.45) is 0.817. The van der Waals surface area contributed by atoms with E-state index < -0.39 is 0 Å². The van der Waals surface area contributed by atoms with E-state index in [4.69, 9.17) is 10.6 Å². The van der Waals surface area contributed by atoms with Gasteiger partial charge < -0.3 is 15.5 Å². The topological polar surface area (TPSA) is 76.4 Å². The Morgan fingerprint density at radius 2 is 2.18 bits per heavy atom. The Hall–Kier alpha value is -1.59. The number of amides is 1. The number of hydrogen-bond acceptors (Lipinski definition) is 4. The molecule has 0 bridgehead atoms. The Kier molecular flexibility index (Phi) is 5.45. The summed E-state index contributed by atoms with van der Waals surface area (Å²) in [6.45, 7) is 2.50. The molecule has 0 aliphatic rings. The summed E-state index contributed by atoms with van der Waals surface area (Å²) >= 11 is 0. The van der Waals surface area contributed by atoms with Gasteiger partial charge in [-0.3, -0.25) is 10.6 Å². The summed E-state index contributed by atoms with van der Waals surface area (Å²) in [5.74, 6) is 5.21. The van der Waals surface area contributed by atoms with Gasteiger partial charge in [-0.05, 0) is 18.6 Å². The molecular weight excluding hydrogens is 218 g/mol. The molecule has 5 nitrogen and oxygen atoms in total. The summed E-state index contributed by atoms with van der Waals surface area (Å²) in [4.78, 5) is 12.0. The molecule has 1 atom stereocenters. The molecule has 1 amide bonds. The van der Waals surface area contributed by atoms with Crippen molar-refractivity contribution in [2.45, 2.75) is 19.4 Å². The third-order valence-electron chi connectivity index (χ3n) is 2.52. The predicted molar refractivity (Wildman–Crippen MR) is 67.7 cm³/mol. The van der Waals surface area contributed by atoms with Crippen molar-refractivity contribution in [2.75, 3.05) is 19.1 Å². The largest absolute Gasteiger partial charge is 0.383 e. The zero-order chi connectivity index (χ0) is 12.7. The average molecular weight is 237 g/mol. The minimum Gasteiger partial charge on any atom is -0.383 e. The van der Waals surface area contributed by atoms with Crippen LogP contribution >= 0.6 is 0 Å². The monoisotopic (exact) mass is 237 g/mol. The smallest absolute Gasteiger partial charge is 0.253 e. The van der Waals surface area contributed by atoms with Crippen LogP contribution in [-0.2, 0) is 4.74 Å². The van der Waals surface area contributed by atoms with Gasteiger partial charge in [0.25, 0.3) is 5.91 Å². The number of benzene rings is 1. The van der Waals surface area contributed by atoms with Crippen LogP contribution in [0.15, 0.2) is 24.3 Å². The summed E-state index contributed by atoms with van der Waals surface area (Å²) in [5, 5.41) is 2.90. The molecule has 0 aliphatic carbocycles. The highest BCUT2D eigenvalue weighted by molar-refractivity contribution is 5.99. The lowest BCUT2D eigenvalue weighted by Gasteiger charge is -2.17. The zero-order valence-corrected chi connectivity index (χ0v) is 10.2. The highest BCUT2D eigenvalue weighted by atomic mass is 16.5. The number of methoxy groups -OCH3 is 1. The van der Waals surface area contributed by atoms with Crippen molar-refractivity contribution in [1.29, 1.82) is 0 Å². The van der Waals surface area contributed by atoms with E-state index in [1.54, 1.807) is 25.3 Å². The van der Waals surface area contributed by atoms with Crippen LogP contribution in [0.25, 0.3) is 0 Å². The van der Waals surface area contributed by atoms with Crippen LogP contribution in [0.5, 0.6) is 0 Å². The molecular formula is C12H19N3O2. The second kappa shape index (κ2) is 6.88. The first-order valence-electron chi connectivity index (χ1n) is 5.58. The van der Waals surface area contributed by atoms with Crippen LogP contribution in [-0.4, -0.2) is 25.7 Å². The lowest BCUT2D eigenvalue weighted by atomic mass is 10.1. The van der Waals surface area contributed by atoms with Crippen molar-refractivity contribution in [3.05, 3.63) is 29.8 Å². The Morgan fingerprint density at radius 1 is 1.47 bits per heavy atom. The third kappa shape index (κ3) is 3.72. The molecule has 0 saturated carbocycles. The SMILES string of the molecule is CCC(COC)NC(=O)c1ccccc1NN. The second-order valence-corrected chi connectivity index (χ2v) is 3.72. The zero-order valence-electron chi connectivity index (χ0n) is 10.2. The van der Waals surface area contributed by atoms with Gasteiger partial charge >= 0.3 is 0 Å². The predicted octanol–water partition coefficient (Wildman–Crippen LogP) is 1.13. The molecule has 0 aliphatic heterocycles. The number of nitrogen functional groups attached to an aromatic ring is 1. The molecule has 1 unspecified atom stereocenters. The van der Waals surface area contributed by atoms with Gasteiger partial charge in [-0.15, -0.1) is 0 Å². The molecule has 17 heavy (non-hydrogen) atoms. The standard InChI is InChI=1S/C12H19N3O2/c1-3-9(8-17-2)14-12(16)10-6-4-5-7-11(10)15-13/h4-7,9,15H,3,8,13H2,1-2H3,(H,14,16). The van der Waals surface area contributed by atoms with Crippen molar-refractivity contribution in [3.8, 4) is 0 Å². The fraction of sp³-hybridized carbons (Fsp3) is 0.417. The molecule has 1 aromatic carbocycles. The highest BCUT2D eigenvalue weighted by Gasteiger charge is 2.14. The van der Waals surface area contributed by atoms with Crippen LogP contribution in [0.1, 0.15) is 23.7 Å². The number of nitrogens with two attached hydrogens (primary N) is 1. The normalized spacial score (nSPS) is 11.9. The Labute approximate surface area is 101 Å². The summed E-state index contributed by atoms with van der Waals surface area (Å²) in [6, 6.07) is 7.11. The molecule has 0 spiro atoms. The minimum atomic E-state index is -0.151. The van der Waals surface area contributed by atoms with E-state index in [0.29, 0.717) is 17.9 Å². The molecule has 94 valence electrons. The lowest BCUT2D eigenvalue weighted by Crippen LogP contribution is -2.37. The Bertz CT molecular complexity index is 369. The molecule has 1 rings (SSSR count). The maximum Gasteiger partial charge on any atom is 0.253 e. The number of hydrazine groups is 1. The minimum absolute atomic E-state index is 0.0123. The third-order valence-corrected chi connectivity index (χ3v) is 2.52. The van der Waals surface area contributed by atoms with E-state index in [0.717, 1.165) is 6.42 Å². The van der Waals surface area contributed by atoms with Crippen LogP contribution in [0.3, 0.4) is 0 Å². The quantitative estimate of drug-likeness (QED) is 0.512. The van der Waals surface area contributed by atoms with Crippen LogP contribution in [0.4, 0.5) is 5.69 Å². The van der Waals surface area contributed by atoms with Crippen molar-refractivity contribution < 1.29 is 9.53 Å². The summed E-state index contributed by atoms with van der Waals surface area (Å²) in [5.41, 5.74) is 3.65.